The maximum Gasteiger partial charge on any atom is 0.249 e. The Balaban J connectivity index is 1.18. The van der Waals surface area contributed by atoms with Gasteiger partial charge in [0.05, 0.1) is 17.5 Å². The van der Waals surface area contributed by atoms with Crippen LogP contribution in [0.3, 0.4) is 0 Å². The summed E-state index contributed by atoms with van der Waals surface area (Å²) >= 11 is 0. The molecule has 0 saturated carbocycles. The van der Waals surface area contributed by atoms with Crippen LogP contribution in [0.4, 0.5) is 0 Å². The second kappa shape index (κ2) is 7.99. The first kappa shape index (κ1) is 18.9. The monoisotopic (exact) mass is 403 g/mol. The van der Waals surface area contributed by atoms with Crippen molar-refractivity contribution in [2.45, 2.75) is 25.8 Å². The van der Waals surface area contributed by atoms with E-state index in [2.05, 4.69) is 44.3 Å². The number of pyridine rings is 1. The predicted octanol–water partition coefficient (Wildman–Crippen LogP) is 2.80. The van der Waals surface area contributed by atoms with E-state index in [4.69, 9.17) is 4.42 Å². The van der Waals surface area contributed by atoms with Gasteiger partial charge in [-0.2, -0.15) is 0 Å². The highest BCUT2D eigenvalue weighted by Crippen LogP contribution is 2.41. The van der Waals surface area contributed by atoms with Crippen LogP contribution in [0.25, 0.3) is 11.5 Å². The molecule has 2 fully saturated rings. The van der Waals surface area contributed by atoms with Gasteiger partial charge >= 0.3 is 0 Å². The van der Waals surface area contributed by atoms with Gasteiger partial charge in [-0.15, -0.1) is 10.2 Å². The molecular formula is C23H25N5O2. The summed E-state index contributed by atoms with van der Waals surface area (Å²) in [4.78, 5) is 21.6. The number of likely N-dealkylation sites (tertiary alicyclic amines) is 2. The van der Waals surface area contributed by atoms with E-state index in [9.17, 15) is 4.79 Å². The van der Waals surface area contributed by atoms with Crippen molar-refractivity contribution in [1.29, 1.82) is 0 Å². The molecule has 2 aliphatic rings. The maximum atomic E-state index is 13.2. The predicted molar refractivity (Wildman–Crippen MR) is 111 cm³/mol. The lowest BCUT2D eigenvalue weighted by atomic mass is 9.85. The van der Waals surface area contributed by atoms with Crippen molar-refractivity contribution in [2.75, 3.05) is 26.2 Å². The highest BCUT2D eigenvalue weighted by molar-refractivity contribution is 5.85. The van der Waals surface area contributed by atoms with Crippen molar-refractivity contribution in [1.82, 2.24) is 25.0 Å². The quantitative estimate of drug-likeness (QED) is 0.630. The molecule has 0 radical (unpaired) electrons. The number of hydrogen-bond acceptors (Lipinski definition) is 6. The summed E-state index contributed by atoms with van der Waals surface area (Å²) in [5.74, 6) is 1.37. The summed E-state index contributed by atoms with van der Waals surface area (Å²) in [6, 6.07) is 14.1. The second-order valence-corrected chi connectivity index (χ2v) is 8.26. The third-order valence-electron chi connectivity index (χ3n) is 6.28. The Bertz CT molecular complexity index is 1010. The standard InChI is InChI=1S/C23H25N5O2/c29-22-23(10-14-28(22)12-8-18-5-2-1-3-6-18)9-13-27(17-23)16-20-25-26-21(30-20)19-7-4-11-24-15-19/h1-7,11,15H,8-10,12-14,16-17H2. The van der Waals surface area contributed by atoms with Crippen molar-refractivity contribution in [3.63, 3.8) is 0 Å². The largest absolute Gasteiger partial charge is 0.419 e. The van der Waals surface area contributed by atoms with Crippen LogP contribution < -0.4 is 0 Å². The molecule has 1 unspecified atom stereocenters. The van der Waals surface area contributed by atoms with Gasteiger partial charge in [-0.05, 0) is 43.5 Å². The molecule has 0 N–H and O–H groups in total. The molecule has 2 saturated heterocycles. The van der Waals surface area contributed by atoms with Crippen molar-refractivity contribution in [3.05, 3.63) is 66.3 Å². The third-order valence-corrected chi connectivity index (χ3v) is 6.28. The Kier molecular flexibility index (Phi) is 5.04. The minimum Gasteiger partial charge on any atom is -0.419 e. The molecule has 154 valence electrons. The normalized spacial score (nSPS) is 21.7. The molecule has 1 amide bonds. The first-order chi connectivity index (χ1) is 14.7. The number of amides is 1. The van der Waals surface area contributed by atoms with Crippen LogP contribution in [0.5, 0.6) is 0 Å². The van der Waals surface area contributed by atoms with Gasteiger partial charge in [0.1, 0.15) is 0 Å². The molecule has 7 nitrogen and oxygen atoms in total. The topological polar surface area (TPSA) is 75.4 Å². The van der Waals surface area contributed by atoms with Gasteiger partial charge in [0.25, 0.3) is 0 Å². The Morgan fingerprint density at radius 3 is 2.73 bits per heavy atom. The summed E-state index contributed by atoms with van der Waals surface area (Å²) in [7, 11) is 0. The van der Waals surface area contributed by atoms with Crippen molar-refractivity contribution >= 4 is 5.91 Å². The number of carbonyl (C=O) groups is 1. The molecule has 4 heterocycles. The Hall–Kier alpha value is -3.06. The van der Waals surface area contributed by atoms with E-state index in [0.717, 1.165) is 51.0 Å². The van der Waals surface area contributed by atoms with Crippen LogP contribution in [0.1, 0.15) is 24.3 Å². The maximum absolute atomic E-state index is 13.2. The summed E-state index contributed by atoms with van der Waals surface area (Å²) in [5, 5.41) is 8.33. The number of hydrogen-bond donors (Lipinski definition) is 0. The molecule has 5 rings (SSSR count). The summed E-state index contributed by atoms with van der Waals surface area (Å²) in [6.07, 6.45) is 6.17. The molecule has 0 aliphatic carbocycles. The molecule has 2 aliphatic heterocycles. The summed E-state index contributed by atoms with van der Waals surface area (Å²) in [5.41, 5.74) is 1.84. The van der Waals surface area contributed by atoms with Crippen molar-refractivity contribution < 1.29 is 9.21 Å². The van der Waals surface area contributed by atoms with Crippen LogP contribution in [-0.2, 0) is 17.8 Å². The van der Waals surface area contributed by atoms with Gasteiger partial charge in [0.2, 0.25) is 17.7 Å². The van der Waals surface area contributed by atoms with E-state index in [0.29, 0.717) is 24.2 Å². The van der Waals surface area contributed by atoms with E-state index in [1.807, 2.05) is 23.1 Å². The zero-order valence-corrected chi connectivity index (χ0v) is 16.9. The lowest BCUT2D eigenvalue weighted by Gasteiger charge is -2.23. The number of aromatic nitrogens is 3. The number of carbonyl (C=O) groups excluding carboxylic acids is 1. The van der Waals surface area contributed by atoms with Gasteiger partial charge in [-0.25, -0.2) is 0 Å². The molecule has 3 aromatic rings. The lowest BCUT2D eigenvalue weighted by Crippen LogP contribution is -2.37. The average molecular weight is 403 g/mol. The Labute approximate surface area is 175 Å². The SMILES string of the molecule is O=C1N(CCc2ccccc2)CCC12CCN(Cc1nnc(-c3cccnc3)o1)C2. The molecule has 0 bridgehead atoms. The first-order valence-electron chi connectivity index (χ1n) is 10.5. The van der Waals surface area contributed by atoms with E-state index < -0.39 is 0 Å². The zero-order valence-electron chi connectivity index (χ0n) is 16.9. The van der Waals surface area contributed by atoms with Crippen LogP contribution >= 0.6 is 0 Å². The minimum absolute atomic E-state index is 0.247. The Morgan fingerprint density at radius 1 is 1.03 bits per heavy atom. The summed E-state index contributed by atoms with van der Waals surface area (Å²) < 4.78 is 5.82. The van der Waals surface area contributed by atoms with E-state index >= 15 is 0 Å². The van der Waals surface area contributed by atoms with Gasteiger partial charge in [-0.1, -0.05) is 30.3 Å². The van der Waals surface area contributed by atoms with Crippen molar-refractivity contribution in [2.24, 2.45) is 5.41 Å². The highest BCUT2D eigenvalue weighted by Gasteiger charge is 2.50. The number of nitrogens with zero attached hydrogens (tertiary/aromatic N) is 5. The smallest absolute Gasteiger partial charge is 0.249 e. The highest BCUT2D eigenvalue weighted by atomic mass is 16.4. The fourth-order valence-corrected chi connectivity index (χ4v) is 4.60. The van der Waals surface area contributed by atoms with Gasteiger partial charge < -0.3 is 9.32 Å². The van der Waals surface area contributed by atoms with Crippen LogP contribution in [-0.4, -0.2) is 57.1 Å². The van der Waals surface area contributed by atoms with E-state index in [1.54, 1.807) is 12.4 Å². The van der Waals surface area contributed by atoms with Gasteiger partial charge in [-0.3, -0.25) is 14.7 Å². The first-order valence-corrected chi connectivity index (χ1v) is 10.5. The molecule has 1 aromatic carbocycles. The zero-order chi connectivity index (χ0) is 20.4. The molecular weight excluding hydrogens is 378 g/mol. The molecule has 1 atom stereocenters. The van der Waals surface area contributed by atoms with Gasteiger partial charge in [0, 0.05) is 32.0 Å². The summed E-state index contributed by atoms with van der Waals surface area (Å²) in [6.45, 7) is 3.86. The third kappa shape index (κ3) is 3.73. The number of rotatable bonds is 6. The van der Waals surface area contributed by atoms with Crippen LogP contribution in [0, 0.1) is 5.41 Å². The Morgan fingerprint density at radius 2 is 1.90 bits per heavy atom. The fraction of sp³-hybridized carbons (Fsp3) is 0.391. The van der Waals surface area contributed by atoms with Crippen LogP contribution in [0.2, 0.25) is 0 Å². The van der Waals surface area contributed by atoms with E-state index in [-0.39, 0.29) is 5.41 Å². The average Bonchev–Trinajstić information content (AvgIpc) is 3.50. The molecule has 7 heteroatoms. The second-order valence-electron chi connectivity index (χ2n) is 8.26. The fourth-order valence-electron chi connectivity index (χ4n) is 4.60. The minimum atomic E-state index is -0.247. The van der Waals surface area contributed by atoms with Crippen molar-refractivity contribution in [3.8, 4) is 11.5 Å². The van der Waals surface area contributed by atoms with Crippen LogP contribution in [0.15, 0.2) is 59.3 Å². The molecule has 1 spiro atoms. The lowest BCUT2D eigenvalue weighted by molar-refractivity contribution is -0.135. The van der Waals surface area contributed by atoms with Gasteiger partial charge in [0.15, 0.2) is 0 Å². The molecule has 2 aromatic heterocycles. The number of benzene rings is 1. The molecule has 30 heavy (non-hydrogen) atoms. The van der Waals surface area contributed by atoms with E-state index in [1.165, 1.54) is 5.56 Å².